The van der Waals surface area contributed by atoms with Gasteiger partial charge in [-0.05, 0) is 58.0 Å². The highest BCUT2D eigenvalue weighted by molar-refractivity contribution is 7.48. The molecule has 0 aliphatic carbocycles. The number of carbonyl (C=O) groups excluding carboxylic acids is 3. The van der Waals surface area contributed by atoms with Crippen LogP contribution in [0.25, 0.3) is 11.2 Å². The third-order valence-corrected chi connectivity index (χ3v) is 11.4. The van der Waals surface area contributed by atoms with Crippen molar-refractivity contribution >= 4 is 50.7 Å². The molecule has 5 rings (SSSR count). The molecule has 5 atom stereocenters. The Morgan fingerprint density at radius 2 is 1.51 bits per heavy atom. The minimum Gasteiger partial charge on any atom is -0.452 e. The van der Waals surface area contributed by atoms with Gasteiger partial charge in [-0.1, -0.05) is 56.0 Å². The number of phosphoric acid groups is 1. The van der Waals surface area contributed by atoms with Crippen LogP contribution in [0.2, 0.25) is 25.7 Å². The summed E-state index contributed by atoms with van der Waals surface area (Å²) in [6.45, 7) is 14.4. The largest absolute Gasteiger partial charge is 0.519 e. The topological polar surface area (TPSA) is 212 Å². The molecule has 1 unspecified atom stereocenters. The second-order valence-electron chi connectivity index (χ2n) is 15.0. The summed E-state index contributed by atoms with van der Waals surface area (Å²) in [5.74, 6) is -2.13. The Balaban J connectivity index is 1.58. The Morgan fingerprint density at radius 3 is 2.05 bits per heavy atom. The summed E-state index contributed by atoms with van der Waals surface area (Å²) in [5, 5.41) is 3.97. The first-order valence-corrected chi connectivity index (χ1v) is 23.6. The van der Waals surface area contributed by atoms with Crippen LogP contribution in [-0.2, 0) is 42.3 Å². The van der Waals surface area contributed by atoms with E-state index >= 15 is 0 Å². The number of aromatic nitrogens is 4. The van der Waals surface area contributed by atoms with E-state index in [-0.39, 0.29) is 46.8 Å². The average Bonchev–Trinajstić information content (AvgIpc) is 3.67. The van der Waals surface area contributed by atoms with Crippen molar-refractivity contribution in [1.82, 2.24) is 24.6 Å². The van der Waals surface area contributed by atoms with Crippen LogP contribution in [0.5, 0.6) is 0 Å². The number of hydrogen-bond acceptors (Lipinski definition) is 15. The van der Waals surface area contributed by atoms with Crippen LogP contribution < -0.4 is 11.0 Å². The molecule has 0 saturated carbocycles. The fourth-order valence-electron chi connectivity index (χ4n) is 5.86. The van der Waals surface area contributed by atoms with Gasteiger partial charge >= 0.3 is 25.5 Å². The fraction of sp³-hybridized carbons (Fsp3) is 0.459. The number of amides is 1. The molecule has 2 aromatic heterocycles. The van der Waals surface area contributed by atoms with E-state index in [1.54, 1.807) is 36.4 Å². The van der Waals surface area contributed by atoms with Crippen LogP contribution >= 0.6 is 7.82 Å². The molecule has 1 saturated heterocycles. The SMILES string of the molecule is CC(=O)Nc1ncnc2c1[nH]c(=O)n2[C@@H]1O[C@H](COP(=O)(OOCC[Si](C)(C)C)ON(C(C)C)C(C)C)[C@@H](OC(=O)c2ccccc2)[C@H]1OC(=O)c1ccccc1. The van der Waals surface area contributed by atoms with E-state index in [1.807, 2.05) is 27.7 Å². The van der Waals surface area contributed by atoms with Crippen molar-refractivity contribution < 1.29 is 51.9 Å². The lowest BCUT2D eigenvalue weighted by Crippen LogP contribution is -2.42. The van der Waals surface area contributed by atoms with Crippen LogP contribution in [0.1, 0.15) is 61.6 Å². The van der Waals surface area contributed by atoms with E-state index in [2.05, 4.69) is 39.9 Å². The molecule has 1 aliphatic heterocycles. The van der Waals surface area contributed by atoms with E-state index in [4.69, 9.17) is 32.9 Å². The predicted octanol–water partition coefficient (Wildman–Crippen LogP) is 5.89. The lowest BCUT2D eigenvalue weighted by atomic mass is 10.1. The lowest BCUT2D eigenvalue weighted by Gasteiger charge is -2.31. The smallest absolute Gasteiger partial charge is 0.452 e. The predicted molar refractivity (Wildman–Crippen MR) is 210 cm³/mol. The van der Waals surface area contributed by atoms with E-state index in [9.17, 15) is 23.7 Å². The van der Waals surface area contributed by atoms with E-state index < -0.39 is 70.6 Å². The average molecular weight is 829 g/mol. The van der Waals surface area contributed by atoms with Gasteiger partial charge in [0.1, 0.15) is 17.9 Å². The summed E-state index contributed by atoms with van der Waals surface area (Å²) in [7, 11) is -6.21. The molecular formula is C37H49N6O12PSi. The molecular weight excluding hydrogens is 779 g/mol. The normalized spacial score (nSPS) is 19.6. The first-order valence-electron chi connectivity index (χ1n) is 18.4. The molecule has 57 heavy (non-hydrogen) atoms. The standard InChI is InChI=1S/C37H49N6O12PSi/c1-23(2)43(24(3)4)54-56(48,55-49-19-20-57(6,7)8)50-21-28-30(52-35(45)26-15-11-9-12-16-26)31(53-36(46)27-17-13-10-14-18-27)34(51-28)42-33-29(41-37(42)47)32(38-22-39-33)40-25(5)44/h9-18,22-24,28,30-31,34H,19-21H2,1-8H3,(H,41,47)(H,38,39,40,44)/t28-,30-,31-,34-,56?/m1/s1. The minimum absolute atomic E-state index is 0.00432. The maximum atomic E-state index is 14.4. The highest BCUT2D eigenvalue weighted by atomic mass is 31.2. The molecule has 1 amide bonds. The van der Waals surface area contributed by atoms with Gasteiger partial charge in [0.05, 0.1) is 24.3 Å². The Hall–Kier alpha value is -4.59. The Morgan fingerprint density at radius 1 is 0.930 bits per heavy atom. The van der Waals surface area contributed by atoms with Gasteiger partial charge in [0.15, 0.2) is 29.9 Å². The number of esters is 2. The molecule has 308 valence electrons. The molecule has 4 aromatic rings. The summed E-state index contributed by atoms with van der Waals surface area (Å²) in [4.78, 5) is 69.5. The Bertz CT molecular complexity index is 2100. The second-order valence-corrected chi connectivity index (χ2v) is 22.1. The van der Waals surface area contributed by atoms with Crippen molar-refractivity contribution in [3.8, 4) is 0 Å². The monoisotopic (exact) mass is 828 g/mol. The van der Waals surface area contributed by atoms with Crippen molar-refractivity contribution in [3.05, 3.63) is 88.6 Å². The number of hydrogen-bond donors (Lipinski definition) is 2. The lowest BCUT2D eigenvalue weighted by molar-refractivity contribution is -0.247. The van der Waals surface area contributed by atoms with Gasteiger partial charge in [0.2, 0.25) is 5.91 Å². The number of ether oxygens (including phenoxy) is 3. The van der Waals surface area contributed by atoms with Crippen LogP contribution in [-0.4, -0.2) is 94.1 Å². The zero-order valence-electron chi connectivity index (χ0n) is 33.1. The van der Waals surface area contributed by atoms with Gasteiger partial charge in [-0.25, -0.2) is 38.4 Å². The van der Waals surface area contributed by atoms with Gasteiger partial charge in [0.25, 0.3) is 0 Å². The summed E-state index contributed by atoms with van der Waals surface area (Å²) in [5.41, 5.74) is -0.499. The third-order valence-electron chi connectivity index (χ3n) is 8.53. The molecule has 2 aromatic carbocycles. The van der Waals surface area contributed by atoms with E-state index in [0.717, 1.165) is 10.9 Å². The highest BCUT2D eigenvalue weighted by Crippen LogP contribution is 2.52. The number of benzene rings is 2. The van der Waals surface area contributed by atoms with Crippen molar-refractivity contribution in [3.63, 3.8) is 0 Å². The van der Waals surface area contributed by atoms with Gasteiger partial charge in [-0.15, -0.1) is 4.67 Å². The zero-order valence-corrected chi connectivity index (χ0v) is 35.0. The number of nitrogens with zero attached hydrogens (tertiary/aromatic N) is 4. The summed E-state index contributed by atoms with van der Waals surface area (Å²) >= 11 is 0. The van der Waals surface area contributed by atoms with Crippen molar-refractivity contribution in [1.29, 1.82) is 0 Å². The number of H-pyrrole nitrogens is 1. The number of rotatable bonds is 18. The van der Waals surface area contributed by atoms with Crippen molar-refractivity contribution in [2.24, 2.45) is 0 Å². The molecule has 3 heterocycles. The van der Waals surface area contributed by atoms with Gasteiger partial charge < -0.3 is 24.5 Å². The molecule has 0 spiro atoms. The van der Waals surface area contributed by atoms with Gasteiger partial charge in [-0.2, -0.15) is 9.69 Å². The van der Waals surface area contributed by atoms with Crippen LogP contribution in [0.4, 0.5) is 5.82 Å². The quantitative estimate of drug-likeness (QED) is 0.0299. The van der Waals surface area contributed by atoms with Crippen molar-refractivity contribution in [2.45, 2.75) is 96.9 Å². The number of imidazole rings is 1. The number of nitrogens with one attached hydrogen (secondary N) is 2. The molecule has 1 aliphatic rings. The number of carbonyl (C=O) groups is 3. The van der Waals surface area contributed by atoms with E-state index in [0.29, 0.717) is 6.04 Å². The Labute approximate surface area is 330 Å². The first-order chi connectivity index (χ1) is 27.0. The molecule has 1 fully saturated rings. The third kappa shape index (κ3) is 11.3. The maximum Gasteiger partial charge on any atom is 0.519 e. The number of aromatic amines is 1. The fourth-order valence-corrected chi connectivity index (χ4v) is 7.81. The van der Waals surface area contributed by atoms with Crippen LogP contribution in [0, 0.1) is 0 Å². The number of anilines is 1. The molecule has 0 radical (unpaired) electrons. The molecule has 18 nitrogen and oxygen atoms in total. The summed E-state index contributed by atoms with van der Waals surface area (Å²) in [6, 6.07) is 16.2. The van der Waals surface area contributed by atoms with Crippen LogP contribution in [0.3, 0.4) is 0 Å². The zero-order chi connectivity index (χ0) is 41.5. The number of fused-ring (bicyclic) bond motifs is 1. The maximum absolute atomic E-state index is 14.4. The molecule has 20 heteroatoms. The van der Waals surface area contributed by atoms with Crippen LogP contribution in [0.15, 0.2) is 71.8 Å². The first kappa shape index (κ1) is 43.5. The second kappa shape index (κ2) is 18.8. The van der Waals surface area contributed by atoms with Gasteiger partial charge in [-0.3, -0.25) is 9.32 Å². The highest BCUT2D eigenvalue weighted by Gasteiger charge is 2.53. The van der Waals surface area contributed by atoms with Gasteiger partial charge in [0, 0.05) is 27.1 Å². The summed E-state index contributed by atoms with van der Waals surface area (Å²) < 4.78 is 51.1. The van der Waals surface area contributed by atoms with Crippen molar-refractivity contribution in [2.75, 3.05) is 18.5 Å². The summed E-state index contributed by atoms with van der Waals surface area (Å²) in [6.07, 6.45) is -4.87. The minimum atomic E-state index is -4.62. The molecule has 0 bridgehead atoms. The molecule has 2 N–H and O–H groups in total. The Kier molecular flexibility index (Phi) is 14.3. The number of hydroxylamine groups is 2. The van der Waals surface area contributed by atoms with E-state index in [1.165, 1.54) is 36.3 Å².